The highest BCUT2D eigenvalue weighted by Crippen LogP contribution is 2.33. The van der Waals surface area contributed by atoms with Crippen molar-refractivity contribution in [3.05, 3.63) is 90.0 Å². The highest BCUT2D eigenvalue weighted by Gasteiger charge is 2.20. The van der Waals surface area contributed by atoms with Gasteiger partial charge in [-0.15, -0.1) is 0 Å². The first kappa shape index (κ1) is 25.0. The molecule has 192 valence electrons. The fraction of sp³-hybridized carbons (Fsp3) is 0.172. The number of aromatic amines is 1. The molecule has 1 amide bonds. The second-order valence-electron chi connectivity index (χ2n) is 9.28. The maximum Gasteiger partial charge on any atom is 0.228 e. The van der Waals surface area contributed by atoms with E-state index in [-0.39, 0.29) is 11.8 Å². The van der Waals surface area contributed by atoms with Gasteiger partial charge in [0.1, 0.15) is 5.82 Å². The number of fused-ring (bicyclic) bond motifs is 2. The smallest absolute Gasteiger partial charge is 0.228 e. The zero-order valence-corrected chi connectivity index (χ0v) is 21.3. The molecular weight excluding hydrogens is 483 g/mol. The first-order chi connectivity index (χ1) is 18.3. The van der Waals surface area contributed by atoms with Crippen LogP contribution in [0.2, 0.25) is 0 Å². The third kappa shape index (κ3) is 5.09. The lowest BCUT2D eigenvalue weighted by Gasteiger charge is -2.19. The van der Waals surface area contributed by atoms with Crippen molar-refractivity contribution < 1.29 is 14.3 Å². The Hall–Kier alpha value is -4.63. The number of carbonyl (C=O) groups excluding carboxylic acids is 1. The number of carbonyl (C=O) groups is 1. The Balaban J connectivity index is 1.58. The summed E-state index contributed by atoms with van der Waals surface area (Å²) >= 11 is 0. The van der Waals surface area contributed by atoms with Gasteiger partial charge < -0.3 is 19.9 Å². The van der Waals surface area contributed by atoms with Crippen molar-refractivity contribution in [2.45, 2.75) is 6.42 Å². The van der Waals surface area contributed by atoms with Crippen LogP contribution >= 0.6 is 0 Å². The summed E-state index contributed by atoms with van der Waals surface area (Å²) in [5.74, 6) is -0.514. The van der Waals surface area contributed by atoms with Crippen molar-refractivity contribution in [1.82, 2.24) is 19.9 Å². The fourth-order valence-electron chi connectivity index (χ4n) is 4.28. The Morgan fingerprint density at radius 1 is 0.974 bits per heavy atom. The third-order valence-electron chi connectivity index (χ3n) is 6.35. The van der Waals surface area contributed by atoms with Gasteiger partial charge in [0, 0.05) is 49.0 Å². The largest absolute Gasteiger partial charge is 0.494 e. The van der Waals surface area contributed by atoms with E-state index in [1.165, 1.54) is 12.1 Å². The van der Waals surface area contributed by atoms with Gasteiger partial charge in [-0.2, -0.15) is 0 Å². The number of nitrogens with one attached hydrogen (secondary N) is 1. The number of H-pyrrole nitrogens is 1. The number of hydrogen-bond acceptors (Lipinski definition) is 6. The molecule has 8 nitrogen and oxygen atoms in total. The molecule has 0 bridgehead atoms. The number of rotatable bonds is 7. The summed E-state index contributed by atoms with van der Waals surface area (Å²) in [5, 5.41) is 11.5. The Morgan fingerprint density at radius 3 is 2.45 bits per heavy atom. The van der Waals surface area contributed by atoms with Crippen molar-refractivity contribution in [3.8, 4) is 5.88 Å². The van der Waals surface area contributed by atoms with Crippen molar-refractivity contribution >= 4 is 44.9 Å². The summed E-state index contributed by atoms with van der Waals surface area (Å²) in [4.78, 5) is 32.6. The van der Waals surface area contributed by atoms with Gasteiger partial charge in [-0.3, -0.25) is 14.8 Å². The van der Waals surface area contributed by atoms with Crippen molar-refractivity contribution in [2.24, 2.45) is 4.99 Å². The van der Waals surface area contributed by atoms with Crippen LogP contribution in [0, 0.1) is 5.82 Å². The number of nitrogens with zero attached hydrogens (tertiary/aromatic N) is 5. The molecule has 0 atom stereocenters. The molecule has 38 heavy (non-hydrogen) atoms. The lowest BCUT2D eigenvalue weighted by molar-refractivity contribution is -0.118. The van der Waals surface area contributed by atoms with Crippen LogP contribution in [0.5, 0.6) is 5.88 Å². The lowest BCUT2D eigenvalue weighted by atomic mass is 10.00. The van der Waals surface area contributed by atoms with Crippen LogP contribution in [0.25, 0.3) is 21.9 Å². The molecule has 0 aliphatic heterocycles. The van der Waals surface area contributed by atoms with Crippen LogP contribution in [0.3, 0.4) is 0 Å². The molecule has 5 rings (SSSR count). The molecule has 0 aliphatic rings. The third-order valence-corrected chi connectivity index (χ3v) is 6.35. The van der Waals surface area contributed by atoms with Gasteiger partial charge in [-0.1, -0.05) is 6.07 Å². The zero-order chi connectivity index (χ0) is 26.8. The topological polar surface area (TPSA) is 97.7 Å². The molecule has 0 saturated heterocycles. The molecule has 2 N–H and O–H groups in total. The van der Waals surface area contributed by atoms with Crippen molar-refractivity contribution in [3.63, 3.8) is 0 Å². The number of aromatic nitrogens is 3. The molecule has 0 fully saturated rings. The van der Waals surface area contributed by atoms with Crippen LogP contribution in [0.15, 0.2) is 78.0 Å². The SMILES string of the molecule is CN(C)CCC(=O)N(C)c1ccc(N=C(c2ccc3nccnc3c2)c2c(O)[nH]c3cc(F)ccc23)cc1. The highest BCUT2D eigenvalue weighted by atomic mass is 19.1. The number of hydrogen-bond donors (Lipinski definition) is 2. The molecule has 5 aromatic rings. The normalized spacial score (nSPS) is 12.0. The summed E-state index contributed by atoms with van der Waals surface area (Å²) in [7, 11) is 5.62. The molecular formula is C29H27FN6O2. The monoisotopic (exact) mass is 510 g/mol. The van der Waals surface area contributed by atoms with Gasteiger partial charge >= 0.3 is 0 Å². The fourth-order valence-corrected chi connectivity index (χ4v) is 4.28. The van der Waals surface area contributed by atoms with E-state index < -0.39 is 5.82 Å². The van der Waals surface area contributed by atoms with E-state index in [4.69, 9.17) is 4.99 Å². The maximum atomic E-state index is 13.9. The molecule has 0 spiro atoms. The first-order valence-electron chi connectivity index (χ1n) is 12.1. The van der Waals surface area contributed by atoms with E-state index in [9.17, 15) is 14.3 Å². The van der Waals surface area contributed by atoms with Crippen LogP contribution in [-0.2, 0) is 4.79 Å². The van der Waals surface area contributed by atoms with Gasteiger partial charge in [-0.05, 0) is 68.7 Å². The highest BCUT2D eigenvalue weighted by molar-refractivity contribution is 6.22. The Bertz CT molecular complexity index is 1660. The van der Waals surface area contributed by atoms with E-state index in [0.29, 0.717) is 51.9 Å². The molecule has 3 aromatic carbocycles. The summed E-state index contributed by atoms with van der Waals surface area (Å²) in [6, 6.07) is 17.2. The first-order valence-corrected chi connectivity index (χ1v) is 12.1. The van der Waals surface area contributed by atoms with Crippen molar-refractivity contribution in [1.29, 1.82) is 0 Å². The molecule has 0 saturated carbocycles. The zero-order valence-electron chi connectivity index (χ0n) is 21.3. The predicted molar refractivity (Wildman–Crippen MR) is 148 cm³/mol. The number of aromatic hydroxyl groups is 1. The molecule has 0 radical (unpaired) electrons. The number of anilines is 1. The molecule has 0 aliphatic carbocycles. The quantitative estimate of drug-likeness (QED) is 0.299. The van der Waals surface area contributed by atoms with Crippen LogP contribution in [-0.4, -0.2) is 64.3 Å². The van der Waals surface area contributed by atoms with Gasteiger partial charge in [0.2, 0.25) is 5.91 Å². The summed E-state index contributed by atoms with van der Waals surface area (Å²) in [6.07, 6.45) is 3.66. The summed E-state index contributed by atoms with van der Waals surface area (Å²) < 4.78 is 13.9. The molecule has 9 heteroatoms. The van der Waals surface area contributed by atoms with Crippen LogP contribution in [0.4, 0.5) is 15.8 Å². The Kier molecular flexibility index (Phi) is 6.85. The average molecular weight is 511 g/mol. The van der Waals surface area contributed by atoms with E-state index in [2.05, 4.69) is 15.0 Å². The summed E-state index contributed by atoms with van der Waals surface area (Å²) in [6.45, 7) is 0.670. The van der Waals surface area contributed by atoms with Crippen LogP contribution in [0.1, 0.15) is 17.5 Å². The second-order valence-corrected chi connectivity index (χ2v) is 9.28. The Labute approximate surface area is 219 Å². The Morgan fingerprint density at radius 2 is 1.71 bits per heavy atom. The maximum absolute atomic E-state index is 13.9. The standard InChI is InChI=1S/C29H27FN6O2/c1-35(2)15-12-26(37)36(3)21-8-6-20(7-9-21)33-28(18-4-11-23-25(16-18)32-14-13-31-23)27-22-10-5-19(30)17-24(22)34-29(27)38/h4-11,13-14,16-17,34,38H,12,15H2,1-3H3. The predicted octanol–water partition coefficient (Wildman–Crippen LogP) is 5.04. The van der Waals surface area contributed by atoms with Gasteiger partial charge in [0.05, 0.1) is 33.5 Å². The van der Waals surface area contributed by atoms with E-state index >= 15 is 0 Å². The second kappa shape index (κ2) is 10.4. The number of benzene rings is 3. The van der Waals surface area contributed by atoms with E-state index in [1.54, 1.807) is 30.4 Å². The molecule has 2 aromatic heterocycles. The number of amides is 1. The number of halogens is 1. The van der Waals surface area contributed by atoms with Crippen LogP contribution < -0.4 is 4.90 Å². The van der Waals surface area contributed by atoms with E-state index in [1.807, 2.05) is 61.5 Å². The van der Waals surface area contributed by atoms with Gasteiger partial charge in [0.25, 0.3) is 0 Å². The minimum atomic E-state index is -0.412. The minimum Gasteiger partial charge on any atom is -0.494 e. The lowest BCUT2D eigenvalue weighted by Crippen LogP contribution is -2.29. The average Bonchev–Trinajstić information content (AvgIpc) is 3.24. The van der Waals surface area contributed by atoms with Gasteiger partial charge in [0.15, 0.2) is 5.88 Å². The number of aliphatic imine (C=N–C) groups is 1. The molecule has 2 heterocycles. The van der Waals surface area contributed by atoms with Crippen molar-refractivity contribution in [2.75, 3.05) is 32.6 Å². The minimum absolute atomic E-state index is 0.0175. The van der Waals surface area contributed by atoms with Gasteiger partial charge in [-0.25, -0.2) is 9.38 Å². The molecule has 0 unspecified atom stereocenters. The summed E-state index contributed by atoms with van der Waals surface area (Å²) in [5.41, 5.74) is 4.87. The van der Waals surface area contributed by atoms with E-state index in [0.717, 1.165) is 11.2 Å².